The number of amides is 1. The van der Waals surface area contributed by atoms with Gasteiger partial charge in [0.1, 0.15) is 12.4 Å². The summed E-state index contributed by atoms with van der Waals surface area (Å²) in [7, 11) is 0. The van der Waals surface area contributed by atoms with Crippen LogP contribution in [0.1, 0.15) is 44.1 Å². The van der Waals surface area contributed by atoms with E-state index >= 15 is 0 Å². The highest BCUT2D eigenvalue weighted by Crippen LogP contribution is 2.22. The minimum absolute atomic E-state index is 0.242. The molecule has 0 aliphatic carbocycles. The molecular weight excluding hydrogens is 312 g/mol. The molecule has 138 valence electrons. The fraction of sp³-hybridized carbons (Fsp3) is 0.667. The maximum atomic E-state index is 12.7. The first kappa shape index (κ1) is 18.2. The van der Waals surface area contributed by atoms with Crippen molar-refractivity contribution in [2.75, 3.05) is 39.3 Å². The quantitative estimate of drug-likeness (QED) is 0.820. The maximum absolute atomic E-state index is 12.7. The van der Waals surface area contributed by atoms with Crippen LogP contribution in [0.15, 0.2) is 24.3 Å². The Morgan fingerprint density at radius 1 is 1.04 bits per heavy atom. The Labute approximate surface area is 152 Å². The lowest BCUT2D eigenvalue weighted by molar-refractivity contribution is -0.137. The van der Waals surface area contributed by atoms with Crippen molar-refractivity contribution in [2.45, 2.75) is 45.4 Å². The molecule has 0 radical (unpaired) electrons. The minimum atomic E-state index is 0.242. The third-order valence-corrected chi connectivity index (χ3v) is 5.61. The molecule has 4 heteroatoms. The highest BCUT2D eigenvalue weighted by atomic mass is 16.5. The number of hydrogen-bond donors (Lipinski definition) is 0. The molecule has 2 saturated heterocycles. The topological polar surface area (TPSA) is 32.8 Å². The molecule has 0 aromatic heterocycles. The number of carbonyl (C=O) groups is 1. The summed E-state index contributed by atoms with van der Waals surface area (Å²) in [4.78, 5) is 17.3. The first-order chi connectivity index (χ1) is 12.2. The summed E-state index contributed by atoms with van der Waals surface area (Å²) >= 11 is 0. The molecule has 2 aliphatic heterocycles. The summed E-state index contributed by atoms with van der Waals surface area (Å²) in [6, 6.07) is 8.16. The number of nitrogens with zero attached hydrogens (tertiary/aromatic N) is 2. The number of piperidine rings is 1. The number of likely N-dealkylation sites (tertiary alicyclic amines) is 2. The van der Waals surface area contributed by atoms with Crippen LogP contribution in [-0.4, -0.2) is 55.0 Å². The number of rotatable bonds is 5. The molecule has 3 rings (SSSR count). The smallest absolute Gasteiger partial charge is 0.225 e. The van der Waals surface area contributed by atoms with E-state index in [1.165, 1.54) is 31.2 Å². The highest BCUT2D eigenvalue weighted by molar-refractivity contribution is 5.79. The molecule has 2 aliphatic rings. The molecule has 1 aromatic rings. The van der Waals surface area contributed by atoms with E-state index < -0.39 is 0 Å². The van der Waals surface area contributed by atoms with Crippen LogP contribution in [0, 0.1) is 12.8 Å². The van der Waals surface area contributed by atoms with Crippen molar-refractivity contribution in [1.29, 1.82) is 0 Å². The van der Waals surface area contributed by atoms with Crippen molar-refractivity contribution in [2.24, 2.45) is 5.92 Å². The first-order valence-electron chi connectivity index (χ1n) is 9.93. The Hall–Kier alpha value is -1.55. The molecule has 4 nitrogen and oxygen atoms in total. The van der Waals surface area contributed by atoms with Gasteiger partial charge in [0.15, 0.2) is 0 Å². The maximum Gasteiger partial charge on any atom is 0.225 e. The van der Waals surface area contributed by atoms with Crippen molar-refractivity contribution < 1.29 is 9.53 Å². The number of benzene rings is 1. The fourth-order valence-electron chi connectivity index (χ4n) is 3.96. The van der Waals surface area contributed by atoms with Crippen molar-refractivity contribution in [3.63, 3.8) is 0 Å². The monoisotopic (exact) mass is 344 g/mol. The van der Waals surface area contributed by atoms with Crippen LogP contribution < -0.4 is 4.74 Å². The summed E-state index contributed by atoms with van der Waals surface area (Å²) < 4.78 is 5.91. The lowest BCUT2D eigenvalue weighted by Gasteiger charge is -2.34. The molecule has 2 fully saturated rings. The normalized spacial score (nSPS) is 20.3. The molecular formula is C21H32N2O2. The van der Waals surface area contributed by atoms with E-state index in [9.17, 15) is 4.79 Å². The van der Waals surface area contributed by atoms with Crippen molar-refractivity contribution in [3.05, 3.63) is 29.8 Å². The van der Waals surface area contributed by atoms with E-state index in [1.54, 1.807) is 0 Å². The zero-order chi connectivity index (χ0) is 17.5. The van der Waals surface area contributed by atoms with Gasteiger partial charge in [0, 0.05) is 25.6 Å². The van der Waals surface area contributed by atoms with E-state index in [4.69, 9.17) is 4.74 Å². The summed E-state index contributed by atoms with van der Waals surface area (Å²) in [5.74, 6) is 1.64. The van der Waals surface area contributed by atoms with Crippen LogP contribution in [0.4, 0.5) is 0 Å². The Balaban J connectivity index is 1.38. The zero-order valence-electron chi connectivity index (χ0n) is 15.6. The second-order valence-electron chi connectivity index (χ2n) is 7.47. The highest BCUT2D eigenvalue weighted by Gasteiger charge is 2.28. The number of aryl methyl sites for hydroxylation is 1. The predicted molar refractivity (Wildman–Crippen MR) is 101 cm³/mol. The van der Waals surface area contributed by atoms with E-state index in [1.807, 2.05) is 18.2 Å². The molecule has 0 spiro atoms. The number of carbonyl (C=O) groups excluding carboxylic acids is 1. The van der Waals surface area contributed by atoms with Crippen LogP contribution in [0.3, 0.4) is 0 Å². The molecule has 0 N–H and O–H groups in total. The predicted octanol–water partition coefficient (Wildman–Crippen LogP) is 3.49. The van der Waals surface area contributed by atoms with Crippen molar-refractivity contribution in [3.8, 4) is 5.75 Å². The van der Waals surface area contributed by atoms with E-state index in [-0.39, 0.29) is 5.92 Å². The van der Waals surface area contributed by atoms with Gasteiger partial charge in [-0.1, -0.05) is 31.0 Å². The second kappa shape index (κ2) is 9.23. The van der Waals surface area contributed by atoms with Gasteiger partial charge in [0.25, 0.3) is 0 Å². The molecule has 25 heavy (non-hydrogen) atoms. The lowest BCUT2D eigenvalue weighted by atomic mass is 9.95. The lowest BCUT2D eigenvalue weighted by Crippen LogP contribution is -2.43. The van der Waals surface area contributed by atoms with Crippen molar-refractivity contribution >= 4 is 5.91 Å². The minimum Gasteiger partial charge on any atom is -0.492 e. The second-order valence-corrected chi connectivity index (χ2v) is 7.47. The molecule has 0 bridgehead atoms. The Morgan fingerprint density at radius 2 is 1.72 bits per heavy atom. The van der Waals surface area contributed by atoms with Gasteiger partial charge < -0.3 is 9.64 Å². The summed E-state index contributed by atoms with van der Waals surface area (Å²) in [5.41, 5.74) is 1.18. The van der Waals surface area contributed by atoms with Gasteiger partial charge >= 0.3 is 0 Å². The SMILES string of the molecule is Cc1ccccc1OCCN1CCC(C(=O)N2CCCCCC2)CC1. The number of ether oxygens (including phenoxy) is 1. The third kappa shape index (κ3) is 5.21. The van der Waals surface area contributed by atoms with Gasteiger partial charge in [-0.3, -0.25) is 9.69 Å². The fourth-order valence-corrected chi connectivity index (χ4v) is 3.96. The van der Waals surface area contributed by atoms with E-state index in [2.05, 4.69) is 22.8 Å². The molecule has 0 unspecified atom stereocenters. The van der Waals surface area contributed by atoms with Gasteiger partial charge in [-0.2, -0.15) is 0 Å². The van der Waals surface area contributed by atoms with Crippen LogP contribution in [-0.2, 0) is 4.79 Å². The van der Waals surface area contributed by atoms with Crippen LogP contribution >= 0.6 is 0 Å². The van der Waals surface area contributed by atoms with Gasteiger partial charge in [-0.25, -0.2) is 0 Å². The number of hydrogen-bond acceptors (Lipinski definition) is 3. The van der Waals surface area contributed by atoms with Crippen LogP contribution in [0.2, 0.25) is 0 Å². The zero-order valence-corrected chi connectivity index (χ0v) is 15.6. The van der Waals surface area contributed by atoms with Gasteiger partial charge in [0.2, 0.25) is 5.91 Å². The Bertz CT molecular complexity index is 545. The van der Waals surface area contributed by atoms with Crippen LogP contribution in [0.25, 0.3) is 0 Å². The largest absolute Gasteiger partial charge is 0.492 e. The van der Waals surface area contributed by atoms with Crippen molar-refractivity contribution in [1.82, 2.24) is 9.80 Å². The molecule has 1 amide bonds. The van der Waals surface area contributed by atoms with E-state index in [0.717, 1.165) is 57.9 Å². The average Bonchev–Trinajstić information content (AvgIpc) is 2.93. The number of para-hydroxylation sites is 1. The first-order valence-corrected chi connectivity index (χ1v) is 9.93. The van der Waals surface area contributed by atoms with Gasteiger partial charge in [-0.05, 0) is 57.3 Å². The molecule has 0 saturated carbocycles. The van der Waals surface area contributed by atoms with E-state index in [0.29, 0.717) is 5.91 Å². The molecule has 0 atom stereocenters. The Morgan fingerprint density at radius 3 is 2.40 bits per heavy atom. The molecule has 1 aromatic carbocycles. The van der Waals surface area contributed by atoms with Gasteiger partial charge in [0.05, 0.1) is 0 Å². The summed E-state index contributed by atoms with van der Waals surface area (Å²) in [6.07, 6.45) is 6.92. The van der Waals surface area contributed by atoms with Gasteiger partial charge in [-0.15, -0.1) is 0 Å². The third-order valence-electron chi connectivity index (χ3n) is 5.61. The standard InChI is InChI=1S/C21H32N2O2/c1-18-8-4-5-9-20(18)25-17-16-22-14-10-19(11-15-22)21(24)23-12-6-2-3-7-13-23/h4-5,8-9,19H,2-3,6-7,10-17H2,1H3. The summed E-state index contributed by atoms with van der Waals surface area (Å²) in [5, 5.41) is 0. The Kier molecular flexibility index (Phi) is 6.74. The van der Waals surface area contributed by atoms with Crippen LogP contribution in [0.5, 0.6) is 5.75 Å². The summed E-state index contributed by atoms with van der Waals surface area (Å²) in [6.45, 7) is 7.72. The average molecular weight is 344 g/mol. The molecule has 2 heterocycles.